The number of ether oxygens (including phenoxy) is 1. The van der Waals surface area contributed by atoms with Crippen LogP contribution in [0.2, 0.25) is 0 Å². The van der Waals surface area contributed by atoms with Crippen LogP contribution in [0.4, 0.5) is 0 Å². The van der Waals surface area contributed by atoms with Gasteiger partial charge in [-0.15, -0.1) is 11.3 Å². The zero-order valence-corrected chi connectivity index (χ0v) is 15.4. The molecule has 0 radical (unpaired) electrons. The largest absolute Gasteiger partial charge is 0.382 e. The van der Waals surface area contributed by atoms with Crippen molar-refractivity contribution in [3.05, 3.63) is 21.9 Å². The van der Waals surface area contributed by atoms with Crippen LogP contribution < -0.4 is 10.6 Å². The van der Waals surface area contributed by atoms with Gasteiger partial charge in [0.1, 0.15) is 0 Å². The molecule has 2 N–H and O–H groups in total. The zero-order chi connectivity index (χ0) is 16.5. The molecule has 1 unspecified atom stereocenters. The highest BCUT2D eigenvalue weighted by Gasteiger charge is 2.21. The summed E-state index contributed by atoms with van der Waals surface area (Å²) in [5.74, 6) is 0.876. The topological polar surface area (TPSA) is 48.9 Å². The molecular formula is C17H30N4OS. The third-order valence-electron chi connectivity index (χ3n) is 4.21. The quantitative estimate of drug-likeness (QED) is 0.433. The second-order valence-electron chi connectivity index (χ2n) is 5.87. The molecule has 2 rings (SSSR count). The lowest BCUT2D eigenvalue weighted by Crippen LogP contribution is -2.47. The molecule has 1 aliphatic heterocycles. The van der Waals surface area contributed by atoms with Crippen molar-refractivity contribution in [2.24, 2.45) is 4.99 Å². The van der Waals surface area contributed by atoms with Crippen LogP contribution in [0.1, 0.15) is 30.7 Å². The van der Waals surface area contributed by atoms with E-state index in [2.05, 4.69) is 38.9 Å². The number of hydrogen-bond acceptors (Lipinski definition) is 4. The van der Waals surface area contributed by atoms with E-state index in [1.54, 1.807) is 4.88 Å². The summed E-state index contributed by atoms with van der Waals surface area (Å²) in [5, 5.41) is 8.99. The average Bonchev–Trinajstić information content (AvgIpc) is 3.04. The van der Waals surface area contributed by atoms with Crippen LogP contribution in [0, 0.1) is 0 Å². The van der Waals surface area contributed by atoms with E-state index in [9.17, 15) is 0 Å². The molecule has 0 bridgehead atoms. The highest BCUT2D eigenvalue weighted by atomic mass is 32.1. The Morgan fingerprint density at radius 3 is 3.13 bits per heavy atom. The summed E-state index contributed by atoms with van der Waals surface area (Å²) >= 11 is 1.89. The molecule has 130 valence electrons. The molecule has 1 aromatic heterocycles. The van der Waals surface area contributed by atoms with Gasteiger partial charge in [0.05, 0.1) is 0 Å². The van der Waals surface area contributed by atoms with Gasteiger partial charge in [-0.05, 0) is 43.7 Å². The third kappa shape index (κ3) is 5.79. The van der Waals surface area contributed by atoms with Gasteiger partial charge >= 0.3 is 0 Å². The van der Waals surface area contributed by atoms with Gasteiger partial charge in [-0.2, -0.15) is 0 Å². The predicted octanol–water partition coefficient (Wildman–Crippen LogP) is 2.09. The molecular weight excluding hydrogens is 308 g/mol. The van der Waals surface area contributed by atoms with E-state index < -0.39 is 0 Å². The Balaban J connectivity index is 1.67. The lowest BCUT2D eigenvalue weighted by Gasteiger charge is -2.32. The molecule has 0 spiro atoms. The Hall–Kier alpha value is -1.11. The van der Waals surface area contributed by atoms with Crippen molar-refractivity contribution < 1.29 is 4.74 Å². The molecule has 2 heterocycles. The Bertz CT molecular complexity index is 489. The Labute approximate surface area is 144 Å². The van der Waals surface area contributed by atoms with Crippen LogP contribution in [-0.4, -0.2) is 56.8 Å². The molecule has 1 aliphatic rings. The first-order valence-corrected chi connectivity index (χ1v) is 9.44. The van der Waals surface area contributed by atoms with Gasteiger partial charge in [0.25, 0.3) is 0 Å². The van der Waals surface area contributed by atoms with Crippen molar-refractivity contribution in [1.29, 1.82) is 0 Å². The molecule has 0 aliphatic carbocycles. The zero-order valence-electron chi connectivity index (χ0n) is 14.6. The van der Waals surface area contributed by atoms with Crippen molar-refractivity contribution in [3.8, 4) is 0 Å². The average molecular weight is 339 g/mol. The van der Waals surface area contributed by atoms with E-state index in [4.69, 9.17) is 4.74 Å². The van der Waals surface area contributed by atoms with Crippen molar-refractivity contribution in [2.45, 2.75) is 39.3 Å². The second-order valence-corrected chi connectivity index (χ2v) is 6.87. The Morgan fingerprint density at radius 1 is 1.48 bits per heavy atom. The molecule has 6 heteroatoms. The van der Waals surface area contributed by atoms with Crippen molar-refractivity contribution in [2.75, 3.05) is 39.9 Å². The number of guanidine groups is 1. The lowest BCUT2D eigenvalue weighted by atomic mass is 10.1. The van der Waals surface area contributed by atoms with E-state index in [1.165, 1.54) is 12.0 Å². The van der Waals surface area contributed by atoms with Crippen molar-refractivity contribution in [3.63, 3.8) is 0 Å². The maximum Gasteiger partial charge on any atom is 0.191 e. The molecule has 1 aromatic rings. The Morgan fingerprint density at radius 2 is 2.35 bits per heavy atom. The Kier molecular flexibility index (Phi) is 7.85. The summed E-state index contributed by atoms with van der Waals surface area (Å²) in [4.78, 5) is 8.40. The molecule has 23 heavy (non-hydrogen) atoms. The molecule has 0 amide bonds. The normalized spacial score (nSPS) is 16.9. The summed E-state index contributed by atoms with van der Waals surface area (Å²) in [7, 11) is 1.82. The van der Waals surface area contributed by atoms with E-state index in [1.807, 2.05) is 25.3 Å². The summed E-state index contributed by atoms with van der Waals surface area (Å²) in [5.41, 5.74) is 1.51. The first-order valence-electron chi connectivity index (χ1n) is 8.56. The minimum absolute atomic E-state index is 0.491. The van der Waals surface area contributed by atoms with Gasteiger partial charge in [0.15, 0.2) is 5.96 Å². The van der Waals surface area contributed by atoms with Gasteiger partial charge in [0, 0.05) is 57.4 Å². The first kappa shape index (κ1) is 18.2. The summed E-state index contributed by atoms with van der Waals surface area (Å²) in [6.45, 7) is 9.90. The standard InChI is InChI=1S/C17H30N4OS/c1-4-22-10-5-8-19-17(18-3)20-12-14(2)21-9-6-16-15(13-21)7-11-23-16/h7,11,14H,4-6,8-10,12-13H2,1-3H3,(H2,18,19,20). The van der Waals surface area contributed by atoms with E-state index in [-0.39, 0.29) is 0 Å². The molecule has 0 saturated heterocycles. The van der Waals surface area contributed by atoms with Gasteiger partial charge in [-0.25, -0.2) is 0 Å². The maximum absolute atomic E-state index is 5.34. The third-order valence-corrected chi connectivity index (χ3v) is 5.23. The predicted molar refractivity (Wildman–Crippen MR) is 98.4 cm³/mol. The number of thiophene rings is 1. The van der Waals surface area contributed by atoms with Crippen molar-refractivity contribution >= 4 is 17.3 Å². The molecule has 0 saturated carbocycles. The monoisotopic (exact) mass is 338 g/mol. The number of fused-ring (bicyclic) bond motifs is 1. The highest BCUT2D eigenvalue weighted by Crippen LogP contribution is 2.24. The number of rotatable bonds is 8. The number of hydrogen-bond donors (Lipinski definition) is 2. The van der Waals surface area contributed by atoms with Gasteiger partial charge < -0.3 is 15.4 Å². The maximum atomic E-state index is 5.34. The van der Waals surface area contributed by atoms with Crippen LogP contribution >= 0.6 is 11.3 Å². The van der Waals surface area contributed by atoms with Crippen molar-refractivity contribution in [1.82, 2.24) is 15.5 Å². The minimum atomic E-state index is 0.491. The fourth-order valence-corrected chi connectivity index (χ4v) is 3.66. The molecule has 0 aromatic carbocycles. The highest BCUT2D eigenvalue weighted by molar-refractivity contribution is 7.10. The lowest BCUT2D eigenvalue weighted by molar-refractivity contribution is 0.145. The number of nitrogens with one attached hydrogen (secondary N) is 2. The number of aliphatic imine (C=N–C) groups is 1. The van der Waals surface area contributed by atoms with Crippen LogP contribution in [0.25, 0.3) is 0 Å². The van der Waals surface area contributed by atoms with Crippen LogP contribution in [-0.2, 0) is 17.7 Å². The minimum Gasteiger partial charge on any atom is -0.382 e. The SMILES string of the molecule is CCOCCCNC(=NC)NCC(C)N1CCc2sccc2C1. The van der Waals surface area contributed by atoms with Crippen LogP contribution in [0.5, 0.6) is 0 Å². The van der Waals surface area contributed by atoms with E-state index in [0.29, 0.717) is 6.04 Å². The molecule has 5 nitrogen and oxygen atoms in total. The first-order chi connectivity index (χ1) is 11.2. The smallest absolute Gasteiger partial charge is 0.191 e. The summed E-state index contributed by atoms with van der Waals surface area (Å²) in [6.07, 6.45) is 2.18. The fraction of sp³-hybridized carbons (Fsp3) is 0.706. The molecule has 1 atom stereocenters. The molecule has 0 fully saturated rings. The number of nitrogens with zero attached hydrogens (tertiary/aromatic N) is 2. The van der Waals surface area contributed by atoms with Gasteiger partial charge in [-0.3, -0.25) is 9.89 Å². The van der Waals surface area contributed by atoms with E-state index in [0.717, 1.165) is 51.8 Å². The van der Waals surface area contributed by atoms with E-state index >= 15 is 0 Å². The summed E-state index contributed by atoms with van der Waals surface area (Å²) in [6, 6.07) is 2.76. The summed E-state index contributed by atoms with van der Waals surface area (Å²) < 4.78 is 5.34. The van der Waals surface area contributed by atoms with Gasteiger partial charge in [0.2, 0.25) is 0 Å². The second kappa shape index (κ2) is 9.90. The van der Waals surface area contributed by atoms with Crippen LogP contribution in [0.3, 0.4) is 0 Å². The fourth-order valence-electron chi connectivity index (χ4n) is 2.77. The van der Waals surface area contributed by atoms with Crippen LogP contribution in [0.15, 0.2) is 16.4 Å². The van der Waals surface area contributed by atoms with Gasteiger partial charge in [-0.1, -0.05) is 0 Å².